The van der Waals surface area contributed by atoms with Crippen molar-refractivity contribution < 1.29 is 18.3 Å². The van der Waals surface area contributed by atoms with Crippen molar-refractivity contribution in [1.29, 1.82) is 0 Å². The molecule has 1 aromatic carbocycles. The van der Waals surface area contributed by atoms with Gasteiger partial charge in [0.25, 0.3) is 0 Å². The van der Waals surface area contributed by atoms with E-state index in [4.69, 9.17) is 5.73 Å². The lowest BCUT2D eigenvalue weighted by atomic mass is 9.94. The molecule has 1 rings (SSSR count). The van der Waals surface area contributed by atoms with E-state index in [9.17, 15) is 18.3 Å². The molecule has 0 saturated heterocycles. The molecule has 0 unspecified atom stereocenters. The van der Waals surface area contributed by atoms with Crippen LogP contribution in [0.5, 0.6) is 0 Å². The minimum Gasteiger partial charge on any atom is -0.391 e. The fraction of sp³-hybridized carbons (Fsp3) is 0.455. The molecule has 0 amide bonds. The van der Waals surface area contributed by atoms with Gasteiger partial charge in [-0.3, -0.25) is 0 Å². The van der Waals surface area contributed by atoms with Crippen LogP contribution in [0.2, 0.25) is 0 Å². The minimum absolute atomic E-state index is 0. The van der Waals surface area contributed by atoms with Crippen LogP contribution in [-0.4, -0.2) is 11.2 Å². The third-order valence-corrected chi connectivity index (χ3v) is 2.45. The maximum atomic E-state index is 13.3. The Hall–Kier alpha value is -0.780. The first-order valence-corrected chi connectivity index (χ1v) is 4.92. The number of hydrogen-bond acceptors (Lipinski definition) is 2. The summed E-state index contributed by atoms with van der Waals surface area (Å²) >= 11 is 0. The van der Waals surface area contributed by atoms with Crippen LogP contribution in [0.25, 0.3) is 0 Å². The monoisotopic (exact) mass is 269 g/mol. The van der Waals surface area contributed by atoms with Gasteiger partial charge in [0, 0.05) is 11.6 Å². The SMILES string of the molecule is CC(C)[C@@H](O)[C@@H](N)c1cc(F)c(F)cc1F.Cl. The van der Waals surface area contributed by atoms with Gasteiger partial charge >= 0.3 is 0 Å². The van der Waals surface area contributed by atoms with E-state index in [2.05, 4.69) is 0 Å². The Kier molecular flexibility index (Phi) is 5.95. The molecule has 0 radical (unpaired) electrons. The van der Waals surface area contributed by atoms with Crippen LogP contribution in [0, 0.1) is 23.4 Å². The number of nitrogens with two attached hydrogens (primary N) is 1. The molecule has 0 saturated carbocycles. The molecular formula is C11H15ClF3NO. The molecule has 2 atom stereocenters. The second-order valence-corrected chi connectivity index (χ2v) is 4.05. The predicted octanol–water partition coefficient (Wildman–Crippen LogP) is 2.54. The van der Waals surface area contributed by atoms with Crippen molar-refractivity contribution in [2.45, 2.75) is 26.0 Å². The highest BCUT2D eigenvalue weighted by atomic mass is 35.5. The van der Waals surface area contributed by atoms with E-state index in [1.165, 1.54) is 0 Å². The first-order chi connectivity index (χ1) is 7.34. The molecule has 17 heavy (non-hydrogen) atoms. The van der Waals surface area contributed by atoms with E-state index in [0.717, 1.165) is 0 Å². The number of benzene rings is 1. The summed E-state index contributed by atoms with van der Waals surface area (Å²) in [5.41, 5.74) is 5.36. The largest absolute Gasteiger partial charge is 0.391 e. The summed E-state index contributed by atoms with van der Waals surface area (Å²) in [6.07, 6.45) is -1.01. The zero-order chi connectivity index (χ0) is 12.5. The number of aliphatic hydroxyl groups is 1. The van der Waals surface area contributed by atoms with E-state index in [1.807, 2.05) is 0 Å². The molecule has 98 valence electrons. The van der Waals surface area contributed by atoms with E-state index in [-0.39, 0.29) is 23.9 Å². The van der Waals surface area contributed by atoms with E-state index in [1.54, 1.807) is 13.8 Å². The van der Waals surface area contributed by atoms with Crippen molar-refractivity contribution in [3.63, 3.8) is 0 Å². The summed E-state index contributed by atoms with van der Waals surface area (Å²) in [4.78, 5) is 0. The van der Waals surface area contributed by atoms with Crippen LogP contribution in [0.1, 0.15) is 25.5 Å². The third-order valence-electron chi connectivity index (χ3n) is 2.45. The van der Waals surface area contributed by atoms with Crippen molar-refractivity contribution in [3.8, 4) is 0 Å². The highest BCUT2D eigenvalue weighted by molar-refractivity contribution is 5.85. The smallest absolute Gasteiger partial charge is 0.161 e. The highest BCUT2D eigenvalue weighted by Gasteiger charge is 2.24. The summed E-state index contributed by atoms with van der Waals surface area (Å²) < 4.78 is 38.9. The summed E-state index contributed by atoms with van der Waals surface area (Å²) in [6, 6.07) is 0.0356. The van der Waals surface area contributed by atoms with Crippen molar-refractivity contribution >= 4 is 12.4 Å². The molecule has 0 aromatic heterocycles. The molecule has 0 heterocycles. The van der Waals surface area contributed by atoms with Gasteiger partial charge in [-0.15, -0.1) is 12.4 Å². The Bertz CT molecular complexity index is 387. The Morgan fingerprint density at radius 2 is 1.53 bits per heavy atom. The van der Waals surface area contributed by atoms with Crippen molar-refractivity contribution in [2.75, 3.05) is 0 Å². The molecule has 3 N–H and O–H groups in total. The van der Waals surface area contributed by atoms with E-state index in [0.29, 0.717) is 12.1 Å². The molecule has 6 heteroatoms. The second kappa shape index (κ2) is 6.23. The molecular weight excluding hydrogens is 255 g/mol. The molecule has 1 aromatic rings. The van der Waals surface area contributed by atoms with Gasteiger partial charge in [-0.2, -0.15) is 0 Å². The van der Waals surface area contributed by atoms with Gasteiger partial charge in [0.15, 0.2) is 11.6 Å². The number of hydrogen-bond donors (Lipinski definition) is 2. The fourth-order valence-corrected chi connectivity index (χ4v) is 1.39. The molecule has 0 spiro atoms. The molecule has 0 bridgehead atoms. The summed E-state index contributed by atoms with van der Waals surface area (Å²) in [5, 5.41) is 9.63. The van der Waals surface area contributed by atoms with Gasteiger partial charge in [-0.25, -0.2) is 13.2 Å². The van der Waals surface area contributed by atoms with Gasteiger partial charge in [-0.1, -0.05) is 13.8 Å². The van der Waals surface area contributed by atoms with E-state index >= 15 is 0 Å². The Morgan fingerprint density at radius 1 is 1.06 bits per heavy atom. The lowest BCUT2D eigenvalue weighted by Gasteiger charge is -2.22. The normalized spacial score (nSPS) is 14.4. The summed E-state index contributed by atoms with van der Waals surface area (Å²) in [7, 11) is 0. The maximum absolute atomic E-state index is 13.3. The van der Waals surface area contributed by atoms with Gasteiger partial charge in [-0.05, 0) is 12.0 Å². The fourth-order valence-electron chi connectivity index (χ4n) is 1.39. The molecule has 0 aliphatic carbocycles. The van der Waals surface area contributed by atoms with Gasteiger partial charge in [0.2, 0.25) is 0 Å². The van der Waals surface area contributed by atoms with Crippen LogP contribution >= 0.6 is 12.4 Å². The minimum atomic E-state index is -1.27. The Labute approximate surface area is 104 Å². The summed E-state index contributed by atoms with van der Waals surface area (Å²) in [6.45, 7) is 3.39. The highest BCUT2D eigenvalue weighted by Crippen LogP contribution is 2.24. The molecule has 0 aliphatic rings. The zero-order valence-electron chi connectivity index (χ0n) is 9.45. The predicted molar refractivity (Wildman–Crippen MR) is 61.3 cm³/mol. The topological polar surface area (TPSA) is 46.2 Å². The second-order valence-electron chi connectivity index (χ2n) is 4.05. The van der Waals surface area contributed by atoms with Crippen LogP contribution in [0.15, 0.2) is 12.1 Å². The molecule has 2 nitrogen and oxygen atoms in total. The first kappa shape index (κ1) is 16.2. The molecule has 0 aliphatic heterocycles. The zero-order valence-corrected chi connectivity index (χ0v) is 10.3. The number of rotatable bonds is 3. The van der Waals surface area contributed by atoms with Gasteiger partial charge in [0.05, 0.1) is 12.1 Å². The Morgan fingerprint density at radius 3 is 2.00 bits per heavy atom. The van der Waals surface area contributed by atoms with Gasteiger partial charge in [0.1, 0.15) is 5.82 Å². The lowest BCUT2D eigenvalue weighted by Crippen LogP contribution is -2.31. The van der Waals surface area contributed by atoms with E-state index < -0.39 is 29.6 Å². The third kappa shape index (κ3) is 3.59. The number of halogens is 4. The first-order valence-electron chi connectivity index (χ1n) is 4.92. The van der Waals surface area contributed by atoms with Crippen molar-refractivity contribution in [1.82, 2.24) is 0 Å². The van der Waals surface area contributed by atoms with Crippen LogP contribution in [0.4, 0.5) is 13.2 Å². The number of aliphatic hydroxyl groups excluding tert-OH is 1. The average Bonchev–Trinajstić information content (AvgIpc) is 2.21. The van der Waals surface area contributed by atoms with Crippen molar-refractivity contribution in [3.05, 3.63) is 35.1 Å². The average molecular weight is 270 g/mol. The van der Waals surface area contributed by atoms with Crippen LogP contribution in [0.3, 0.4) is 0 Å². The molecule has 0 fully saturated rings. The van der Waals surface area contributed by atoms with Crippen LogP contribution < -0.4 is 5.73 Å². The Balaban J connectivity index is 0.00000256. The maximum Gasteiger partial charge on any atom is 0.161 e. The van der Waals surface area contributed by atoms with Crippen molar-refractivity contribution in [2.24, 2.45) is 11.7 Å². The quantitative estimate of drug-likeness (QED) is 0.829. The van der Waals surface area contributed by atoms with Gasteiger partial charge < -0.3 is 10.8 Å². The van der Waals surface area contributed by atoms with Crippen LogP contribution in [-0.2, 0) is 0 Å². The lowest BCUT2D eigenvalue weighted by molar-refractivity contribution is 0.0964. The summed E-state index contributed by atoms with van der Waals surface area (Å²) in [5.74, 6) is -3.61. The standard InChI is InChI=1S/C11H14F3NO.ClH/c1-5(2)11(16)10(15)6-3-8(13)9(14)4-7(6)12;/h3-5,10-11,16H,15H2,1-2H3;1H/t10-,11+;/m0./s1.